The lowest BCUT2D eigenvalue weighted by Crippen LogP contribution is -2.39. The van der Waals surface area contributed by atoms with Gasteiger partial charge in [-0.25, -0.2) is 8.42 Å². The number of allylic oxidation sites excluding steroid dienone is 1. The molecule has 2 rings (SSSR count). The molecule has 0 saturated carbocycles. The van der Waals surface area contributed by atoms with Gasteiger partial charge in [-0.15, -0.1) is 0 Å². The van der Waals surface area contributed by atoms with Crippen LogP contribution in [0.1, 0.15) is 19.8 Å². The van der Waals surface area contributed by atoms with Gasteiger partial charge in [0.25, 0.3) is 0 Å². The summed E-state index contributed by atoms with van der Waals surface area (Å²) in [6.07, 6.45) is 1.33. The van der Waals surface area contributed by atoms with Crippen molar-refractivity contribution in [2.45, 2.75) is 24.7 Å². The van der Waals surface area contributed by atoms with Gasteiger partial charge in [-0.1, -0.05) is 24.8 Å². The molecule has 0 spiro atoms. The van der Waals surface area contributed by atoms with Crippen LogP contribution in [0.15, 0.2) is 47.6 Å². The fourth-order valence-corrected chi connectivity index (χ4v) is 3.93. The molecule has 0 atom stereocenters. The number of rotatable bonds is 4. The Hall–Kier alpha value is -1.66. The van der Waals surface area contributed by atoms with Crippen molar-refractivity contribution < 1.29 is 13.2 Å². The lowest BCUT2D eigenvalue weighted by Gasteiger charge is -2.31. The minimum atomic E-state index is -3.41. The molecule has 1 N–H and O–H groups in total. The van der Waals surface area contributed by atoms with Crippen LogP contribution in [0.2, 0.25) is 0 Å². The summed E-state index contributed by atoms with van der Waals surface area (Å²) in [5.74, 6) is 0.770. The predicted molar refractivity (Wildman–Crippen MR) is 81.6 cm³/mol. The van der Waals surface area contributed by atoms with Gasteiger partial charge in [-0.2, -0.15) is 4.31 Å². The number of sulfonamides is 1. The normalized spacial score (nSPS) is 17.4. The number of piperidine rings is 1. The summed E-state index contributed by atoms with van der Waals surface area (Å²) in [6.45, 7) is 6.28. The van der Waals surface area contributed by atoms with Gasteiger partial charge in [0, 0.05) is 25.9 Å². The number of nitrogens with one attached hydrogen (secondary N) is 1. The Balaban J connectivity index is 2.01. The molecule has 5 nitrogen and oxygen atoms in total. The summed E-state index contributed by atoms with van der Waals surface area (Å²) in [5.41, 5.74) is 0. The molecule has 1 fully saturated rings. The van der Waals surface area contributed by atoms with Gasteiger partial charge < -0.3 is 4.74 Å². The Labute approximate surface area is 125 Å². The lowest BCUT2D eigenvalue weighted by atomic mass is 9.97. The molecule has 1 aromatic rings. The summed E-state index contributed by atoms with van der Waals surface area (Å²) in [4.78, 5) is 0.328. The molecule has 114 valence electrons. The van der Waals surface area contributed by atoms with E-state index in [4.69, 9.17) is 10.1 Å². The summed E-state index contributed by atoms with van der Waals surface area (Å²) in [7, 11) is -3.41. The average molecular weight is 308 g/mol. The van der Waals surface area contributed by atoms with Gasteiger partial charge >= 0.3 is 0 Å². The Morgan fingerprint density at radius 1 is 1.29 bits per heavy atom. The highest BCUT2D eigenvalue weighted by Gasteiger charge is 2.30. The van der Waals surface area contributed by atoms with E-state index in [1.807, 2.05) is 0 Å². The van der Waals surface area contributed by atoms with E-state index in [9.17, 15) is 8.42 Å². The molecule has 1 heterocycles. The monoisotopic (exact) mass is 308 g/mol. The quantitative estimate of drug-likeness (QED) is 0.528. The molecule has 0 amide bonds. The molecule has 1 saturated heterocycles. The predicted octanol–water partition coefficient (Wildman–Crippen LogP) is 2.61. The summed E-state index contributed by atoms with van der Waals surface area (Å²) in [6, 6.07) is 8.47. The first-order valence-corrected chi connectivity index (χ1v) is 8.32. The Kier molecular flexibility index (Phi) is 4.80. The molecule has 0 bridgehead atoms. The maximum Gasteiger partial charge on any atom is 0.243 e. The van der Waals surface area contributed by atoms with E-state index in [0.717, 1.165) is 0 Å². The maximum absolute atomic E-state index is 12.5. The van der Waals surface area contributed by atoms with Crippen molar-refractivity contribution >= 4 is 15.9 Å². The molecule has 1 aromatic carbocycles. The standard InChI is InChI=1S/C15H20N2O3S/c1-12(20-13(2)16)14-8-10-17(11-9-14)21(18,19)15-6-4-3-5-7-15/h3-7,14,16H,1,8-11H2,2H3. The van der Waals surface area contributed by atoms with Gasteiger partial charge in [0.2, 0.25) is 10.0 Å². The fraction of sp³-hybridized carbons (Fsp3) is 0.400. The molecular weight excluding hydrogens is 288 g/mol. The first kappa shape index (κ1) is 15.7. The Bertz CT molecular complexity index is 618. The Morgan fingerprint density at radius 2 is 1.86 bits per heavy atom. The second kappa shape index (κ2) is 6.41. The maximum atomic E-state index is 12.5. The molecule has 21 heavy (non-hydrogen) atoms. The van der Waals surface area contributed by atoms with Gasteiger partial charge in [0.15, 0.2) is 5.90 Å². The van der Waals surface area contributed by atoms with Crippen LogP contribution in [-0.4, -0.2) is 31.7 Å². The van der Waals surface area contributed by atoms with Crippen molar-refractivity contribution in [3.8, 4) is 0 Å². The van der Waals surface area contributed by atoms with Crippen LogP contribution in [0.25, 0.3) is 0 Å². The molecule has 1 aliphatic heterocycles. The van der Waals surface area contributed by atoms with E-state index < -0.39 is 10.0 Å². The summed E-state index contributed by atoms with van der Waals surface area (Å²) < 4.78 is 31.7. The molecule has 1 aliphatic rings. The molecular formula is C15H20N2O3S. The molecule has 0 aromatic heterocycles. The number of nitrogens with zero attached hydrogens (tertiary/aromatic N) is 1. The van der Waals surface area contributed by atoms with E-state index >= 15 is 0 Å². The zero-order valence-electron chi connectivity index (χ0n) is 12.1. The lowest BCUT2D eigenvalue weighted by molar-refractivity contribution is 0.240. The SMILES string of the molecule is C=C(OC(C)=N)C1CCN(S(=O)(=O)c2ccccc2)CC1. The highest BCUT2D eigenvalue weighted by Crippen LogP contribution is 2.28. The van der Waals surface area contributed by atoms with Crippen LogP contribution in [0.3, 0.4) is 0 Å². The average Bonchev–Trinajstić information content (AvgIpc) is 2.47. The van der Waals surface area contributed by atoms with Crippen LogP contribution >= 0.6 is 0 Å². The van der Waals surface area contributed by atoms with E-state index in [2.05, 4.69) is 6.58 Å². The van der Waals surface area contributed by atoms with Crippen LogP contribution in [-0.2, 0) is 14.8 Å². The van der Waals surface area contributed by atoms with E-state index in [0.29, 0.717) is 36.6 Å². The highest BCUT2D eigenvalue weighted by molar-refractivity contribution is 7.89. The van der Waals surface area contributed by atoms with Crippen molar-refractivity contribution in [3.63, 3.8) is 0 Å². The summed E-state index contributed by atoms with van der Waals surface area (Å²) in [5, 5.41) is 7.31. The first-order valence-electron chi connectivity index (χ1n) is 6.88. The zero-order chi connectivity index (χ0) is 15.5. The molecule has 0 radical (unpaired) electrons. The van der Waals surface area contributed by atoms with E-state index in [1.165, 1.54) is 4.31 Å². The second-order valence-electron chi connectivity index (χ2n) is 5.12. The Morgan fingerprint density at radius 3 is 2.38 bits per heavy atom. The van der Waals surface area contributed by atoms with Crippen molar-refractivity contribution in [2.24, 2.45) is 5.92 Å². The molecule has 0 aliphatic carbocycles. The largest absolute Gasteiger partial charge is 0.449 e. The number of hydrogen-bond donors (Lipinski definition) is 1. The third kappa shape index (κ3) is 3.71. The third-order valence-corrected chi connectivity index (χ3v) is 5.49. The van der Waals surface area contributed by atoms with Crippen LogP contribution in [0, 0.1) is 11.3 Å². The smallest absolute Gasteiger partial charge is 0.243 e. The van der Waals surface area contributed by atoms with Crippen molar-refractivity contribution in [2.75, 3.05) is 13.1 Å². The molecule has 6 heteroatoms. The van der Waals surface area contributed by atoms with Crippen LogP contribution in [0.4, 0.5) is 0 Å². The number of benzene rings is 1. The van der Waals surface area contributed by atoms with Gasteiger partial charge in [0.05, 0.1) is 4.90 Å². The van der Waals surface area contributed by atoms with Crippen molar-refractivity contribution in [1.82, 2.24) is 4.31 Å². The highest BCUT2D eigenvalue weighted by atomic mass is 32.2. The zero-order valence-corrected chi connectivity index (χ0v) is 12.9. The first-order chi connectivity index (χ1) is 9.91. The number of hydrogen-bond acceptors (Lipinski definition) is 4. The van der Waals surface area contributed by atoms with Crippen molar-refractivity contribution in [3.05, 3.63) is 42.7 Å². The summed E-state index contributed by atoms with van der Waals surface area (Å²) >= 11 is 0. The van der Waals surface area contributed by atoms with Crippen LogP contribution < -0.4 is 0 Å². The van der Waals surface area contributed by atoms with Crippen molar-refractivity contribution in [1.29, 1.82) is 5.41 Å². The van der Waals surface area contributed by atoms with Gasteiger partial charge in [-0.05, 0) is 25.0 Å². The van der Waals surface area contributed by atoms with Gasteiger partial charge in [-0.3, -0.25) is 5.41 Å². The second-order valence-corrected chi connectivity index (χ2v) is 7.05. The van der Waals surface area contributed by atoms with Crippen LogP contribution in [0.5, 0.6) is 0 Å². The molecule has 0 unspecified atom stereocenters. The minimum absolute atomic E-state index is 0.104. The topological polar surface area (TPSA) is 70.5 Å². The minimum Gasteiger partial charge on any atom is -0.449 e. The third-order valence-electron chi connectivity index (χ3n) is 3.57. The van der Waals surface area contributed by atoms with Gasteiger partial charge in [0.1, 0.15) is 5.76 Å². The number of ether oxygens (including phenoxy) is 1. The fourth-order valence-electron chi connectivity index (χ4n) is 2.44. The van der Waals surface area contributed by atoms with E-state index in [-0.39, 0.29) is 11.8 Å². The van der Waals surface area contributed by atoms with E-state index in [1.54, 1.807) is 37.3 Å².